The minimum atomic E-state index is 0.558. The molecule has 0 unspecified atom stereocenters. The lowest BCUT2D eigenvalue weighted by Gasteiger charge is -2.39. The van der Waals surface area contributed by atoms with Crippen LogP contribution in [0.2, 0.25) is 0 Å². The zero-order chi connectivity index (χ0) is 17.3. The van der Waals surface area contributed by atoms with Gasteiger partial charge in [0.1, 0.15) is 6.33 Å². The highest BCUT2D eigenvalue weighted by molar-refractivity contribution is 5.77. The number of likely N-dealkylation sites (tertiary alicyclic amines) is 1. The first kappa shape index (κ1) is 16.3. The second-order valence-electron chi connectivity index (χ2n) is 7.71. The van der Waals surface area contributed by atoms with Crippen molar-refractivity contribution in [3.63, 3.8) is 0 Å². The molecule has 3 heteroatoms. The number of nitrogens with zero attached hydrogens (tertiary/aromatic N) is 3. The molecule has 0 radical (unpaired) electrons. The van der Waals surface area contributed by atoms with Crippen LogP contribution in [-0.2, 0) is 6.54 Å². The zero-order valence-corrected chi connectivity index (χ0v) is 15.3. The highest BCUT2D eigenvalue weighted by Gasteiger charge is 2.27. The number of aromatic nitrogens is 2. The van der Waals surface area contributed by atoms with E-state index in [-0.39, 0.29) is 0 Å². The van der Waals surface area contributed by atoms with Gasteiger partial charge in [-0.3, -0.25) is 9.47 Å². The number of benzene rings is 2. The maximum Gasteiger partial charge on any atom is 0.100 e. The molecular formula is C22H27N3. The number of hydrogen-bond donors (Lipinski definition) is 0. The molecular weight excluding hydrogens is 306 g/mol. The minimum absolute atomic E-state index is 0.558. The Labute approximate surface area is 150 Å². The SMILES string of the molecule is CCC1(C)CCN(Cc2ccc(-n3cnc4ccccc43)cc2)CC1. The van der Waals surface area contributed by atoms with E-state index in [9.17, 15) is 0 Å². The molecule has 4 rings (SSSR count). The minimum Gasteiger partial charge on any atom is -0.299 e. The van der Waals surface area contributed by atoms with Crippen molar-refractivity contribution in [2.24, 2.45) is 5.41 Å². The van der Waals surface area contributed by atoms with Crippen molar-refractivity contribution in [2.75, 3.05) is 13.1 Å². The van der Waals surface area contributed by atoms with Gasteiger partial charge in [-0.1, -0.05) is 44.5 Å². The summed E-state index contributed by atoms with van der Waals surface area (Å²) in [6, 6.07) is 17.2. The maximum atomic E-state index is 4.49. The lowest BCUT2D eigenvalue weighted by atomic mass is 9.78. The van der Waals surface area contributed by atoms with Gasteiger partial charge in [0.15, 0.2) is 0 Å². The fraction of sp³-hybridized carbons (Fsp3) is 0.409. The maximum absolute atomic E-state index is 4.49. The number of fused-ring (bicyclic) bond motifs is 1. The Morgan fingerprint density at radius 1 is 1.00 bits per heavy atom. The quantitative estimate of drug-likeness (QED) is 0.667. The molecule has 0 atom stereocenters. The third-order valence-electron chi connectivity index (χ3n) is 5.99. The lowest BCUT2D eigenvalue weighted by Crippen LogP contribution is -2.37. The Bertz CT molecular complexity index is 839. The van der Waals surface area contributed by atoms with Gasteiger partial charge in [-0.2, -0.15) is 0 Å². The van der Waals surface area contributed by atoms with Crippen LogP contribution in [0.1, 0.15) is 38.7 Å². The first-order chi connectivity index (χ1) is 12.2. The van der Waals surface area contributed by atoms with E-state index < -0.39 is 0 Å². The molecule has 0 amide bonds. The molecule has 1 aliphatic heterocycles. The highest BCUT2D eigenvalue weighted by atomic mass is 15.1. The Morgan fingerprint density at radius 2 is 1.72 bits per heavy atom. The molecule has 130 valence electrons. The van der Waals surface area contributed by atoms with E-state index in [0.29, 0.717) is 5.41 Å². The Morgan fingerprint density at radius 3 is 2.44 bits per heavy atom. The largest absolute Gasteiger partial charge is 0.299 e. The number of imidazole rings is 1. The van der Waals surface area contributed by atoms with E-state index in [1.54, 1.807) is 0 Å². The smallest absolute Gasteiger partial charge is 0.100 e. The first-order valence-corrected chi connectivity index (χ1v) is 9.41. The van der Waals surface area contributed by atoms with Crippen LogP contribution in [0, 0.1) is 5.41 Å². The average molecular weight is 333 g/mol. The van der Waals surface area contributed by atoms with Gasteiger partial charge in [0.25, 0.3) is 0 Å². The van der Waals surface area contributed by atoms with Crippen LogP contribution in [0.25, 0.3) is 16.7 Å². The molecule has 0 saturated carbocycles. The van der Waals surface area contributed by atoms with Crippen molar-refractivity contribution in [3.8, 4) is 5.69 Å². The summed E-state index contributed by atoms with van der Waals surface area (Å²) in [5, 5.41) is 0. The third kappa shape index (κ3) is 3.34. The molecule has 0 N–H and O–H groups in total. The van der Waals surface area contributed by atoms with E-state index in [2.05, 4.69) is 70.8 Å². The predicted octanol–water partition coefficient (Wildman–Crippen LogP) is 5.04. The highest BCUT2D eigenvalue weighted by Crippen LogP contribution is 2.34. The van der Waals surface area contributed by atoms with Crippen LogP contribution in [0.4, 0.5) is 0 Å². The monoisotopic (exact) mass is 333 g/mol. The van der Waals surface area contributed by atoms with Crippen molar-refractivity contribution < 1.29 is 0 Å². The molecule has 1 aliphatic rings. The Kier molecular flexibility index (Phi) is 4.34. The summed E-state index contributed by atoms with van der Waals surface area (Å²) in [6.07, 6.45) is 5.86. The number of rotatable bonds is 4. The molecule has 0 spiro atoms. The standard InChI is InChI=1S/C22H27N3/c1-3-22(2)12-14-24(15-13-22)16-18-8-10-19(11-9-18)25-17-23-20-6-4-5-7-21(20)25/h4-11,17H,3,12-16H2,1-2H3. The van der Waals surface area contributed by atoms with E-state index >= 15 is 0 Å². The molecule has 1 fully saturated rings. The van der Waals surface area contributed by atoms with Crippen LogP contribution in [0.5, 0.6) is 0 Å². The summed E-state index contributed by atoms with van der Waals surface area (Å²) >= 11 is 0. The van der Waals surface area contributed by atoms with Gasteiger partial charge < -0.3 is 0 Å². The second kappa shape index (κ2) is 6.64. The summed E-state index contributed by atoms with van der Waals surface area (Å²) in [5.74, 6) is 0. The van der Waals surface area contributed by atoms with Gasteiger partial charge in [-0.05, 0) is 61.2 Å². The number of piperidine rings is 1. The lowest BCUT2D eigenvalue weighted by molar-refractivity contribution is 0.109. The van der Waals surface area contributed by atoms with Crippen molar-refractivity contribution in [1.29, 1.82) is 0 Å². The average Bonchev–Trinajstić information content (AvgIpc) is 3.09. The van der Waals surface area contributed by atoms with Gasteiger partial charge in [-0.15, -0.1) is 0 Å². The van der Waals surface area contributed by atoms with Crippen molar-refractivity contribution in [3.05, 3.63) is 60.4 Å². The van der Waals surface area contributed by atoms with E-state index in [4.69, 9.17) is 0 Å². The fourth-order valence-corrected chi connectivity index (χ4v) is 3.79. The first-order valence-electron chi connectivity index (χ1n) is 9.41. The molecule has 2 heterocycles. The second-order valence-corrected chi connectivity index (χ2v) is 7.71. The Balaban J connectivity index is 1.46. The predicted molar refractivity (Wildman–Crippen MR) is 104 cm³/mol. The van der Waals surface area contributed by atoms with E-state index in [1.807, 2.05) is 12.4 Å². The summed E-state index contributed by atoms with van der Waals surface area (Å²) in [7, 11) is 0. The van der Waals surface area contributed by atoms with Crippen molar-refractivity contribution in [2.45, 2.75) is 39.7 Å². The van der Waals surface area contributed by atoms with Crippen LogP contribution < -0.4 is 0 Å². The van der Waals surface area contributed by atoms with Gasteiger partial charge in [-0.25, -0.2) is 4.98 Å². The summed E-state index contributed by atoms with van der Waals surface area (Å²) < 4.78 is 2.16. The molecule has 2 aromatic carbocycles. The van der Waals surface area contributed by atoms with Gasteiger partial charge in [0.05, 0.1) is 11.0 Å². The number of hydrogen-bond acceptors (Lipinski definition) is 2. The van der Waals surface area contributed by atoms with Crippen LogP contribution in [-0.4, -0.2) is 27.5 Å². The topological polar surface area (TPSA) is 21.1 Å². The van der Waals surface area contributed by atoms with Gasteiger partial charge in [0, 0.05) is 12.2 Å². The summed E-state index contributed by atoms with van der Waals surface area (Å²) in [6.45, 7) is 8.27. The zero-order valence-electron chi connectivity index (χ0n) is 15.3. The van der Waals surface area contributed by atoms with Gasteiger partial charge >= 0.3 is 0 Å². The Hall–Kier alpha value is -2.13. The van der Waals surface area contributed by atoms with Crippen molar-refractivity contribution in [1.82, 2.24) is 14.5 Å². The number of para-hydroxylation sites is 2. The van der Waals surface area contributed by atoms with E-state index in [0.717, 1.165) is 17.6 Å². The van der Waals surface area contributed by atoms with Crippen LogP contribution in [0.15, 0.2) is 54.9 Å². The molecule has 3 nitrogen and oxygen atoms in total. The fourth-order valence-electron chi connectivity index (χ4n) is 3.79. The third-order valence-corrected chi connectivity index (χ3v) is 5.99. The molecule has 0 aliphatic carbocycles. The molecule has 1 aromatic heterocycles. The molecule has 3 aromatic rings. The van der Waals surface area contributed by atoms with Gasteiger partial charge in [0.2, 0.25) is 0 Å². The molecule has 1 saturated heterocycles. The van der Waals surface area contributed by atoms with Crippen LogP contribution >= 0.6 is 0 Å². The summed E-state index contributed by atoms with van der Waals surface area (Å²) in [4.78, 5) is 7.08. The normalized spacial score (nSPS) is 17.8. The van der Waals surface area contributed by atoms with E-state index in [1.165, 1.54) is 43.6 Å². The van der Waals surface area contributed by atoms with Crippen LogP contribution in [0.3, 0.4) is 0 Å². The van der Waals surface area contributed by atoms with Crippen molar-refractivity contribution >= 4 is 11.0 Å². The molecule has 25 heavy (non-hydrogen) atoms. The summed E-state index contributed by atoms with van der Waals surface area (Å²) in [5.41, 5.74) is 5.33. The molecule has 0 bridgehead atoms.